The molecule has 6 nitrogen and oxygen atoms in total. The molecule has 0 aliphatic heterocycles. The fourth-order valence-corrected chi connectivity index (χ4v) is 2.09. The van der Waals surface area contributed by atoms with Gasteiger partial charge in [-0.1, -0.05) is 0 Å². The average molecular weight is 245 g/mol. The number of aromatic nitrogens is 2. The van der Waals surface area contributed by atoms with Gasteiger partial charge in [-0.05, 0) is 25.0 Å². The number of hydrogen-bond donors (Lipinski definition) is 2. The van der Waals surface area contributed by atoms with E-state index in [4.69, 9.17) is 5.73 Å². The zero-order valence-electron chi connectivity index (χ0n) is 9.46. The molecule has 0 bridgehead atoms. The van der Waals surface area contributed by atoms with Crippen LogP contribution >= 0.6 is 0 Å². The van der Waals surface area contributed by atoms with Crippen LogP contribution in [0.3, 0.4) is 0 Å². The summed E-state index contributed by atoms with van der Waals surface area (Å²) < 4.78 is 1.61. The molecule has 0 unspecified atom stereocenters. The summed E-state index contributed by atoms with van der Waals surface area (Å²) in [6, 6.07) is 4.39. The maximum atomic E-state index is 11.9. The minimum absolute atomic E-state index is 0.0203. The van der Waals surface area contributed by atoms with Crippen molar-refractivity contribution in [3.8, 4) is 0 Å². The van der Waals surface area contributed by atoms with E-state index in [-0.39, 0.29) is 23.0 Å². The predicted octanol–water partition coefficient (Wildman–Crippen LogP) is 1.01. The summed E-state index contributed by atoms with van der Waals surface area (Å²) in [4.78, 5) is 27.2. The van der Waals surface area contributed by atoms with Crippen LogP contribution < -0.4 is 11.2 Å². The minimum atomic E-state index is -1.12. The number of rotatable bonds is 2. The number of carboxylic acid groups (broad SMARTS) is 1. The standard InChI is InChI=1S/C12H11N3O3/c13-10-4-3-7-9(16)5-8(12(17)18)15(6-1-2-6)11(7)14-10/h3-6H,1-2H2,(H2,13,14)(H,17,18). The van der Waals surface area contributed by atoms with Crippen LogP contribution in [0.4, 0.5) is 5.82 Å². The van der Waals surface area contributed by atoms with Gasteiger partial charge in [0.05, 0.1) is 5.39 Å². The van der Waals surface area contributed by atoms with Crippen molar-refractivity contribution in [2.75, 3.05) is 5.73 Å². The summed E-state index contributed by atoms with van der Waals surface area (Å²) in [5.41, 5.74) is 5.62. The Morgan fingerprint density at radius 1 is 1.44 bits per heavy atom. The van der Waals surface area contributed by atoms with Crippen molar-refractivity contribution in [2.45, 2.75) is 18.9 Å². The van der Waals surface area contributed by atoms with Crippen molar-refractivity contribution >= 4 is 22.8 Å². The molecular weight excluding hydrogens is 234 g/mol. The first kappa shape index (κ1) is 10.8. The van der Waals surface area contributed by atoms with Crippen LogP contribution in [-0.4, -0.2) is 20.6 Å². The van der Waals surface area contributed by atoms with Crippen molar-refractivity contribution in [3.63, 3.8) is 0 Å². The van der Waals surface area contributed by atoms with E-state index in [1.54, 1.807) is 16.7 Å². The van der Waals surface area contributed by atoms with Gasteiger partial charge < -0.3 is 15.4 Å². The molecule has 0 saturated heterocycles. The molecule has 1 fully saturated rings. The lowest BCUT2D eigenvalue weighted by molar-refractivity contribution is 0.0684. The van der Waals surface area contributed by atoms with E-state index in [1.165, 1.54) is 0 Å². The first-order chi connectivity index (χ1) is 8.58. The second-order valence-corrected chi connectivity index (χ2v) is 4.41. The van der Waals surface area contributed by atoms with Gasteiger partial charge in [0.2, 0.25) is 0 Å². The Morgan fingerprint density at radius 3 is 2.78 bits per heavy atom. The topological polar surface area (TPSA) is 98.2 Å². The van der Waals surface area contributed by atoms with E-state index in [0.29, 0.717) is 11.0 Å². The van der Waals surface area contributed by atoms with Crippen LogP contribution in [0.1, 0.15) is 29.4 Å². The molecule has 0 amide bonds. The number of fused-ring (bicyclic) bond motifs is 1. The lowest BCUT2D eigenvalue weighted by Crippen LogP contribution is -2.18. The maximum Gasteiger partial charge on any atom is 0.352 e. The van der Waals surface area contributed by atoms with E-state index >= 15 is 0 Å². The second kappa shape index (κ2) is 3.56. The van der Waals surface area contributed by atoms with Gasteiger partial charge in [0.15, 0.2) is 5.43 Å². The molecule has 0 radical (unpaired) electrons. The van der Waals surface area contributed by atoms with Gasteiger partial charge in [-0.2, -0.15) is 0 Å². The molecular formula is C12H11N3O3. The molecule has 1 saturated carbocycles. The third kappa shape index (κ3) is 1.54. The van der Waals surface area contributed by atoms with E-state index in [1.807, 2.05) is 0 Å². The third-order valence-electron chi connectivity index (χ3n) is 3.05. The number of nitrogen functional groups attached to an aromatic ring is 1. The predicted molar refractivity (Wildman–Crippen MR) is 65.6 cm³/mol. The highest BCUT2D eigenvalue weighted by Crippen LogP contribution is 2.37. The first-order valence-corrected chi connectivity index (χ1v) is 5.63. The number of carboxylic acids is 1. The zero-order valence-corrected chi connectivity index (χ0v) is 9.46. The number of aromatic carboxylic acids is 1. The quantitative estimate of drug-likeness (QED) is 0.822. The number of anilines is 1. The minimum Gasteiger partial charge on any atom is -0.477 e. The second-order valence-electron chi connectivity index (χ2n) is 4.41. The molecule has 2 aromatic rings. The average Bonchev–Trinajstić information content (AvgIpc) is 3.12. The summed E-state index contributed by atoms with van der Waals surface area (Å²) in [6.45, 7) is 0. The van der Waals surface area contributed by atoms with E-state index in [2.05, 4.69) is 4.98 Å². The molecule has 92 valence electrons. The maximum absolute atomic E-state index is 11.9. The lowest BCUT2D eigenvalue weighted by Gasteiger charge is -2.12. The van der Waals surface area contributed by atoms with Crippen molar-refractivity contribution in [1.29, 1.82) is 0 Å². The van der Waals surface area contributed by atoms with Gasteiger partial charge in [-0.15, -0.1) is 0 Å². The molecule has 0 atom stereocenters. The Morgan fingerprint density at radius 2 is 2.17 bits per heavy atom. The van der Waals surface area contributed by atoms with Crippen molar-refractivity contribution in [1.82, 2.24) is 9.55 Å². The molecule has 0 aromatic carbocycles. The lowest BCUT2D eigenvalue weighted by atomic mass is 10.2. The molecule has 2 aromatic heterocycles. The highest BCUT2D eigenvalue weighted by Gasteiger charge is 2.29. The number of nitrogens with two attached hydrogens (primary N) is 1. The summed E-state index contributed by atoms with van der Waals surface area (Å²) >= 11 is 0. The highest BCUT2D eigenvalue weighted by molar-refractivity contribution is 5.90. The van der Waals surface area contributed by atoms with Gasteiger partial charge in [-0.3, -0.25) is 4.79 Å². The van der Waals surface area contributed by atoms with Crippen molar-refractivity contribution < 1.29 is 9.90 Å². The van der Waals surface area contributed by atoms with E-state index in [9.17, 15) is 14.7 Å². The Bertz CT molecular complexity index is 716. The number of carbonyl (C=O) groups is 1. The molecule has 1 aliphatic carbocycles. The monoisotopic (exact) mass is 245 g/mol. The third-order valence-corrected chi connectivity index (χ3v) is 3.05. The number of nitrogens with zero attached hydrogens (tertiary/aromatic N) is 2. The fourth-order valence-electron chi connectivity index (χ4n) is 2.09. The molecule has 18 heavy (non-hydrogen) atoms. The molecule has 3 rings (SSSR count). The Balaban J connectivity index is 2.46. The smallest absolute Gasteiger partial charge is 0.352 e. The van der Waals surface area contributed by atoms with Crippen LogP contribution in [0, 0.1) is 0 Å². The van der Waals surface area contributed by atoms with Crippen LogP contribution in [0.2, 0.25) is 0 Å². The number of hydrogen-bond acceptors (Lipinski definition) is 4. The van der Waals surface area contributed by atoms with Gasteiger partial charge in [-0.25, -0.2) is 9.78 Å². The van der Waals surface area contributed by atoms with Crippen molar-refractivity contribution in [3.05, 3.63) is 34.1 Å². The largest absolute Gasteiger partial charge is 0.477 e. The fraction of sp³-hybridized carbons (Fsp3) is 0.250. The Kier molecular flexibility index (Phi) is 2.13. The van der Waals surface area contributed by atoms with Crippen LogP contribution in [-0.2, 0) is 0 Å². The molecule has 1 aliphatic rings. The summed E-state index contributed by atoms with van der Waals surface area (Å²) in [5, 5.41) is 9.58. The van der Waals surface area contributed by atoms with E-state index < -0.39 is 5.97 Å². The van der Waals surface area contributed by atoms with Gasteiger partial charge in [0.25, 0.3) is 0 Å². The Labute approximate surface area is 102 Å². The Hall–Kier alpha value is -2.37. The molecule has 3 N–H and O–H groups in total. The van der Waals surface area contributed by atoms with Crippen LogP contribution in [0.15, 0.2) is 23.0 Å². The summed E-state index contributed by atoms with van der Waals surface area (Å²) in [7, 11) is 0. The molecule has 6 heteroatoms. The molecule has 2 heterocycles. The van der Waals surface area contributed by atoms with Crippen LogP contribution in [0.25, 0.3) is 11.0 Å². The number of pyridine rings is 2. The summed E-state index contributed by atoms with van der Waals surface area (Å²) in [5.74, 6) is -0.844. The zero-order chi connectivity index (χ0) is 12.9. The van der Waals surface area contributed by atoms with Crippen molar-refractivity contribution in [2.24, 2.45) is 0 Å². The molecule has 0 spiro atoms. The SMILES string of the molecule is Nc1ccc2c(=O)cc(C(=O)O)n(C3CC3)c2n1. The van der Waals surface area contributed by atoms with Crippen LogP contribution in [0.5, 0.6) is 0 Å². The van der Waals surface area contributed by atoms with Gasteiger partial charge in [0.1, 0.15) is 17.2 Å². The highest BCUT2D eigenvalue weighted by atomic mass is 16.4. The first-order valence-electron chi connectivity index (χ1n) is 5.63. The normalized spacial score (nSPS) is 14.9. The van der Waals surface area contributed by atoms with Gasteiger partial charge >= 0.3 is 5.97 Å². The summed E-state index contributed by atoms with van der Waals surface area (Å²) in [6.07, 6.45) is 1.80. The van der Waals surface area contributed by atoms with Gasteiger partial charge in [0, 0.05) is 12.1 Å². The van der Waals surface area contributed by atoms with E-state index in [0.717, 1.165) is 18.9 Å².